The Morgan fingerprint density at radius 3 is 2.82 bits per heavy atom. The number of ether oxygens (including phenoxy) is 2. The van der Waals surface area contributed by atoms with Crippen molar-refractivity contribution in [1.29, 1.82) is 0 Å². The van der Waals surface area contributed by atoms with Crippen LogP contribution in [0.4, 0.5) is 0 Å². The first-order chi connectivity index (χ1) is 8.19. The molecule has 1 saturated carbocycles. The van der Waals surface area contributed by atoms with Crippen molar-refractivity contribution in [2.24, 2.45) is 11.3 Å². The van der Waals surface area contributed by atoms with Crippen molar-refractivity contribution >= 4 is 11.8 Å². The zero-order chi connectivity index (χ0) is 12.3. The van der Waals surface area contributed by atoms with Crippen molar-refractivity contribution in [3.8, 4) is 0 Å². The minimum atomic E-state index is -1.00. The van der Waals surface area contributed by atoms with Gasteiger partial charge in [-0.15, -0.1) is 0 Å². The van der Waals surface area contributed by atoms with Gasteiger partial charge in [-0.1, -0.05) is 19.3 Å². The number of Topliss-reactive ketones (excluding diaryl/α,β-unsaturated/α-hetero) is 1. The lowest BCUT2D eigenvalue weighted by atomic mass is 9.69. The van der Waals surface area contributed by atoms with Crippen LogP contribution in [0.1, 0.15) is 39.0 Å². The molecule has 4 nitrogen and oxygen atoms in total. The molecule has 1 unspecified atom stereocenters. The normalized spacial score (nSPS) is 29.8. The topological polar surface area (TPSA) is 52.6 Å². The zero-order valence-corrected chi connectivity index (χ0v) is 10.4. The molecule has 0 aromatic carbocycles. The highest BCUT2D eigenvalue weighted by atomic mass is 16.5. The standard InChI is InChI=1S/C13H20O4/c1-2-17-12(15)13(8-10-4-3-5-10)9-16-7-6-11(13)14/h10H,2-9H2,1H3. The molecule has 0 bridgehead atoms. The second-order valence-electron chi connectivity index (χ2n) is 5.03. The fraction of sp³-hybridized carbons (Fsp3) is 0.846. The number of hydrogen-bond donors (Lipinski definition) is 0. The van der Waals surface area contributed by atoms with E-state index in [9.17, 15) is 9.59 Å². The van der Waals surface area contributed by atoms with Gasteiger partial charge in [0.1, 0.15) is 5.41 Å². The van der Waals surface area contributed by atoms with Crippen LogP contribution in [0.25, 0.3) is 0 Å². The number of esters is 1. The monoisotopic (exact) mass is 240 g/mol. The van der Waals surface area contributed by atoms with Crippen LogP contribution < -0.4 is 0 Å². The van der Waals surface area contributed by atoms with Gasteiger partial charge in [0, 0.05) is 6.42 Å². The van der Waals surface area contributed by atoms with Crippen molar-refractivity contribution in [2.45, 2.75) is 39.0 Å². The maximum atomic E-state index is 12.1. The fourth-order valence-electron chi connectivity index (χ4n) is 2.62. The molecule has 0 spiro atoms. The van der Waals surface area contributed by atoms with Gasteiger partial charge in [-0.25, -0.2) is 0 Å². The van der Waals surface area contributed by atoms with Crippen molar-refractivity contribution in [1.82, 2.24) is 0 Å². The van der Waals surface area contributed by atoms with Gasteiger partial charge < -0.3 is 9.47 Å². The van der Waals surface area contributed by atoms with Crippen LogP contribution in [-0.4, -0.2) is 31.6 Å². The molecular formula is C13H20O4. The van der Waals surface area contributed by atoms with Gasteiger partial charge in [0.15, 0.2) is 5.78 Å². The quantitative estimate of drug-likeness (QED) is 0.554. The largest absolute Gasteiger partial charge is 0.465 e. The zero-order valence-electron chi connectivity index (χ0n) is 10.4. The molecule has 1 saturated heterocycles. The van der Waals surface area contributed by atoms with Gasteiger partial charge in [-0.05, 0) is 19.3 Å². The lowest BCUT2D eigenvalue weighted by molar-refractivity contribution is -0.171. The third-order valence-electron chi connectivity index (χ3n) is 3.88. The minimum absolute atomic E-state index is 0.00843. The summed E-state index contributed by atoms with van der Waals surface area (Å²) in [5, 5.41) is 0. The molecule has 1 heterocycles. The third-order valence-corrected chi connectivity index (χ3v) is 3.88. The molecular weight excluding hydrogens is 220 g/mol. The van der Waals surface area contributed by atoms with E-state index in [0.29, 0.717) is 32.0 Å². The van der Waals surface area contributed by atoms with E-state index in [2.05, 4.69) is 0 Å². The van der Waals surface area contributed by atoms with Crippen molar-refractivity contribution in [2.75, 3.05) is 19.8 Å². The predicted octanol–water partition coefficient (Wildman–Crippen LogP) is 1.72. The van der Waals surface area contributed by atoms with E-state index in [4.69, 9.17) is 9.47 Å². The molecule has 0 N–H and O–H groups in total. The highest BCUT2D eigenvalue weighted by molar-refractivity contribution is 6.04. The number of rotatable bonds is 4. The first kappa shape index (κ1) is 12.6. The van der Waals surface area contributed by atoms with Crippen molar-refractivity contribution < 1.29 is 19.1 Å². The molecule has 1 aliphatic heterocycles. The summed E-state index contributed by atoms with van der Waals surface area (Å²) in [6, 6.07) is 0. The summed E-state index contributed by atoms with van der Waals surface area (Å²) in [5.74, 6) is 0.121. The van der Waals surface area contributed by atoms with Gasteiger partial charge in [-0.2, -0.15) is 0 Å². The Balaban J connectivity index is 2.13. The molecule has 2 rings (SSSR count). The molecule has 2 aliphatic rings. The second kappa shape index (κ2) is 5.17. The molecule has 1 aliphatic carbocycles. The van der Waals surface area contributed by atoms with E-state index in [1.807, 2.05) is 0 Å². The molecule has 0 aromatic rings. The first-order valence-electron chi connectivity index (χ1n) is 6.47. The molecule has 1 atom stereocenters. The van der Waals surface area contributed by atoms with E-state index in [0.717, 1.165) is 12.8 Å². The smallest absolute Gasteiger partial charge is 0.322 e. The molecule has 2 fully saturated rings. The Labute approximate surface area is 102 Å². The summed E-state index contributed by atoms with van der Waals surface area (Å²) >= 11 is 0. The Morgan fingerprint density at radius 1 is 1.53 bits per heavy atom. The number of carbonyl (C=O) groups is 2. The maximum Gasteiger partial charge on any atom is 0.322 e. The van der Waals surface area contributed by atoms with Gasteiger partial charge in [-0.3, -0.25) is 9.59 Å². The van der Waals surface area contributed by atoms with Crippen molar-refractivity contribution in [3.05, 3.63) is 0 Å². The summed E-state index contributed by atoms with van der Waals surface area (Å²) in [6.07, 6.45) is 4.40. The van der Waals surface area contributed by atoms with Crippen LogP contribution in [-0.2, 0) is 19.1 Å². The number of ketones is 1. The molecule has 0 aromatic heterocycles. The Bertz CT molecular complexity index is 309. The molecule has 96 valence electrons. The van der Waals surface area contributed by atoms with E-state index < -0.39 is 5.41 Å². The highest BCUT2D eigenvalue weighted by Crippen LogP contribution is 2.41. The molecule has 0 amide bonds. The fourth-order valence-corrected chi connectivity index (χ4v) is 2.62. The second-order valence-corrected chi connectivity index (χ2v) is 5.03. The minimum Gasteiger partial charge on any atom is -0.465 e. The average molecular weight is 240 g/mol. The molecule has 17 heavy (non-hydrogen) atoms. The van der Waals surface area contributed by atoms with E-state index >= 15 is 0 Å². The third kappa shape index (κ3) is 2.37. The van der Waals surface area contributed by atoms with E-state index in [1.54, 1.807) is 6.92 Å². The van der Waals surface area contributed by atoms with Gasteiger partial charge >= 0.3 is 5.97 Å². The molecule has 4 heteroatoms. The van der Waals surface area contributed by atoms with Crippen LogP contribution in [0.3, 0.4) is 0 Å². The maximum absolute atomic E-state index is 12.1. The molecule has 0 radical (unpaired) electrons. The Morgan fingerprint density at radius 2 is 2.29 bits per heavy atom. The Hall–Kier alpha value is -0.900. The predicted molar refractivity (Wildman–Crippen MR) is 61.5 cm³/mol. The van der Waals surface area contributed by atoms with Crippen molar-refractivity contribution in [3.63, 3.8) is 0 Å². The first-order valence-corrected chi connectivity index (χ1v) is 6.47. The Kier molecular flexibility index (Phi) is 3.82. The number of carbonyl (C=O) groups excluding carboxylic acids is 2. The average Bonchev–Trinajstić information content (AvgIpc) is 2.26. The van der Waals surface area contributed by atoms with Crippen LogP contribution in [0.5, 0.6) is 0 Å². The van der Waals surface area contributed by atoms with Crippen LogP contribution >= 0.6 is 0 Å². The summed E-state index contributed by atoms with van der Waals surface area (Å²) in [6.45, 7) is 2.73. The van der Waals surface area contributed by atoms with Gasteiger partial charge in [0.2, 0.25) is 0 Å². The lowest BCUT2D eigenvalue weighted by Crippen LogP contribution is -2.49. The van der Waals surface area contributed by atoms with Gasteiger partial charge in [0.05, 0.1) is 19.8 Å². The van der Waals surface area contributed by atoms with E-state index in [1.165, 1.54) is 6.42 Å². The SMILES string of the molecule is CCOC(=O)C1(CC2CCC2)COCCC1=O. The summed E-state index contributed by atoms with van der Waals surface area (Å²) < 4.78 is 10.5. The van der Waals surface area contributed by atoms with Crippen LogP contribution in [0.2, 0.25) is 0 Å². The van der Waals surface area contributed by atoms with Gasteiger partial charge in [0.25, 0.3) is 0 Å². The summed E-state index contributed by atoms with van der Waals surface area (Å²) in [7, 11) is 0. The summed E-state index contributed by atoms with van der Waals surface area (Å²) in [5.41, 5.74) is -1.00. The number of hydrogen-bond acceptors (Lipinski definition) is 4. The lowest BCUT2D eigenvalue weighted by Gasteiger charge is -2.38. The van der Waals surface area contributed by atoms with Crippen LogP contribution in [0.15, 0.2) is 0 Å². The van der Waals surface area contributed by atoms with E-state index in [-0.39, 0.29) is 18.4 Å². The van der Waals surface area contributed by atoms with Crippen LogP contribution in [0, 0.1) is 11.3 Å². The highest BCUT2D eigenvalue weighted by Gasteiger charge is 2.50. The summed E-state index contributed by atoms with van der Waals surface area (Å²) in [4.78, 5) is 24.2.